The summed E-state index contributed by atoms with van der Waals surface area (Å²) in [6, 6.07) is 8.30. The highest BCUT2D eigenvalue weighted by molar-refractivity contribution is 6.30. The van der Waals surface area contributed by atoms with Crippen molar-refractivity contribution in [2.45, 2.75) is 6.92 Å². The van der Waals surface area contributed by atoms with E-state index in [0.29, 0.717) is 0 Å². The maximum Gasteiger partial charge on any atom is 0.334 e. The van der Waals surface area contributed by atoms with Crippen LogP contribution in [-0.4, -0.2) is 9.55 Å². The Morgan fingerprint density at radius 2 is 2.00 bits per heavy atom. The van der Waals surface area contributed by atoms with E-state index in [1.54, 1.807) is 12.1 Å². The first-order valence-corrected chi connectivity index (χ1v) is 5.45. The molecule has 0 radical (unpaired) electrons. The van der Waals surface area contributed by atoms with Crippen molar-refractivity contribution < 1.29 is 0 Å². The highest BCUT2D eigenvalue weighted by Crippen LogP contribution is 2.11. The van der Waals surface area contributed by atoms with E-state index < -0.39 is 11.2 Å². The monoisotopic (exact) mass is 261 g/mol. The normalized spacial score (nSPS) is 10.1. The lowest BCUT2D eigenvalue weighted by atomic mass is 10.2. The van der Waals surface area contributed by atoms with Gasteiger partial charge in [-0.05, 0) is 19.1 Å². The predicted octanol–water partition coefficient (Wildman–Crippen LogP) is 1.36. The van der Waals surface area contributed by atoms with Crippen molar-refractivity contribution in [2.24, 2.45) is 0 Å². The first kappa shape index (κ1) is 12.1. The topological polar surface area (TPSA) is 78.7 Å². The first-order valence-electron chi connectivity index (χ1n) is 5.07. The van der Waals surface area contributed by atoms with Crippen molar-refractivity contribution in [2.75, 3.05) is 0 Å². The van der Waals surface area contributed by atoms with E-state index in [9.17, 15) is 9.59 Å². The highest BCUT2D eigenvalue weighted by Gasteiger charge is 2.13. The molecule has 0 aliphatic carbocycles. The third-order valence-electron chi connectivity index (χ3n) is 2.54. The zero-order chi connectivity index (χ0) is 13.3. The van der Waals surface area contributed by atoms with Gasteiger partial charge in [0.1, 0.15) is 11.2 Å². The Balaban J connectivity index is 2.90. The predicted molar refractivity (Wildman–Crippen MR) is 67.1 cm³/mol. The van der Waals surface area contributed by atoms with E-state index in [-0.39, 0.29) is 22.0 Å². The molecule has 0 atom stereocenters. The lowest BCUT2D eigenvalue weighted by Crippen LogP contribution is -2.35. The molecular formula is C12H8ClN3O2. The van der Waals surface area contributed by atoms with Gasteiger partial charge in [-0.25, -0.2) is 9.36 Å². The zero-order valence-corrected chi connectivity index (χ0v) is 10.2. The number of para-hydroxylation sites is 1. The molecule has 2 aromatic rings. The summed E-state index contributed by atoms with van der Waals surface area (Å²) in [6.07, 6.45) is 0. The average Bonchev–Trinajstić information content (AvgIpc) is 2.37. The Kier molecular flexibility index (Phi) is 3.04. The molecule has 18 heavy (non-hydrogen) atoms. The third kappa shape index (κ3) is 1.83. The summed E-state index contributed by atoms with van der Waals surface area (Å²) >= 11 is 5.72. The summed E-state index contributed by atoms with van der Waals surface area (Å²) in [6.45, 7) is 1.51. The number of H-pyrrole nitrogens is 1. The first-order chi connectivity index (χ1) is 8.56. The second-order valence-electron chi connectivity index (χ2n) is 3.64. The summed E-state index contributed by atoms with van der Waals surface area (Å²) in [5, 5.41) is 8.99. The van der Waals surface area contributed by atoms with Crippen LogP contribution >= 0.6 is 11.6 Å². The summed E-state index contributed by atoms with van der Waals surface area (Å²) in [5.41, 5.74) is -0.494. The molecule has 1 aromatic heterocycles. The molecular weight excluding hydrogens is 254 g/mol. The lowest BCUT2D eigenvalue weighted by molar-refractivity contribution is 0.858. The van der Waals surface area contributed by atoms with Crippen LogP contribution < -0.4 is 11.2 Å². The molecule has 0 aliphatic rings. The van der Waals surface area contributed by atoms with E-state index in [2.05, 4.69) is 4.98 Å². The van der Waals surface area contributed by atoms with Gasteiger partial charge in [-0.15, -0.1) is 0 Å². The number of nitrogens with one attached hydrogen (secondary N) is 1. The molecule has 0 bridgehead atoms. The minimum atomic E-state index is -0.668. The average molecular weight is 262 g/mol. The number of nitriles is 1. The smallest absolute Gasteiger partial charge is 0.297 e. The Hall–Kier alpha value is -2.32. The summed E-state index contributed by atoms with van der Waals surface area (Å²) in [7, 11) is 0. The van der Waals surface area contributed by atoms with Gasteiger partial charge >= 0.3 is 5.69 Å². The fourth-order valence-electron chi connectivity index (χ4n) is 1.58. The summed E-state index contributed by atoms with van der Waals surface area (Å²) in [4.78, 5) is 26.2. The summed E-state index contributed by atoms with van der Waals surface area (Å²) in [5.74, 6) is 0. The Morgan fingerprint density at radius 3 is 2.67 bits per heavy atom. The number of hydrogen-bond donors (Lipinski definition) is 1. The van der Waals surface area contributed by atoms with E-state index in [0.717, 1.165) is 4.57 Å². The number of aromatic amines is 1. The van der Waals surface area contributed by atoms with Crippen LogP contribution in [0.15, 0.2) is 33.9 Å². The van der Waals surface area contributed by atoms with Crippen molar-refractivity contribution in [3.8, 4) is 11.8 Å². The van der Waals surface area contributed by atoms with Crippen LogP contribution in [0.2, 0.25) is 5.15 Å². The number of nitrogens with zero attached hydrogens (tertiary/aromatic N) is 2. The van der Waals surface area contributed by atoms with E-state index in [1.807, 2.05) is 6.07 Å². The molecule has 0 saturated heterocycles. The zero-order valence-electron chi connectivity index (χ0n) is 9.40. The number of halogens is 1. The molecule has 1 N–H and O–H groups in total. The van der Waals surface area contributed by atoms with E-state index in [1.165, 1.54) is 19.1 Å². The van der Waals surface area contributed by atoms with Crippen molar-refractivity contribution in [3.05, 3.63) is 61.4 Å². The highest BCUT2D eigenvalue weighted by atomic mass is 35.5. The standard InChI is InChI=1S/C12H8ClN3O2/c1-7-10(13)15-12(18)16(11(7)17)9-5-3-2-4-8(9)6-14/h2-5H,1H3,(H,15,18). The molecule has 5 nitrogen and oxygen atoms in total. The minimum absolute atomic E-state index is 0.00990. The Labute approximate surface area is 107 Å². The molecule has 0 saturated carbocycles. The molecule has 1 heterocycles. The van der Waals surface area contributed by atoms with E-state index in [4.69, 9.17) is 16.9 Å². The molecule has 0 spiro atoms. The van der Waals surface area contributed by atoms with Crippen molar-refractivity contribution in [3.63, 3.8) is 0 Å². The fraction of sp³-hybridized carbons (Fsp3) is 0.0833. The van der Waals surface area contributed by atoms with Gasteiger partial charge in [-0.1, -0.05) is 23.7 Å². The number of hydrogen-bond acceptors (Lipinski definition) is 3. The molecule has 1 aromatic carbocycles. The maximum absolute atomic E-state index is 12.0. The molecule has 0 aliphatic heterocycles. The molecule has 90 valence electrons. The molecule has 0 unspecified atom stereocenters. The van der Waals surface area contributed by atoms with Crippen LogP contribution in [0.3, 0.4) is 0 Å². The number of rotatable bonds is 1. The Morgan fingerprint density at radius 1 is 1.33 bits per heavy atom. The van der Waals surface area contributed by atoms with Crippen LogP contribution in [0.1, 0.15) is 11.1 Å². The van der Waals surface area contributed by atoms with Gasteiger partial charge in [-0.2, -0.15) is 5.26 Å². The maximum atomic E-state index is 12.0. The van der Waals surface area contributed by atoms with E-state index >= 15 is 0 Å². The third-order valence-corrected chi connectivity index (χ3v) is 2.92. The van der Waals surface area contributed by atoms with Crippen LogP contribution in [-0.2, 0) is 0 Å². The largest absolute Gasteiger partial charge is 0.334 e. The van der Waals surface area contributed by atoms with Gasteiger partial charge < -0.3 is 0 Å². The van der Waals surface area contributed by atoms with Crippen LogP contribution in [0.4, 0.5) is 0 Å². The molecule has 0 amide bonds. The minimum Gasteiger partial charge on any atom is -0.297 e. The SMILES string of the molecule is Cc1c(Cl)[nH]c(=O)n(-c2ccccc2C#N)c1=O. The van der Waals surface area contributed by atoms with Gasteiger partial charge in [-0.3, -0.25) is 9.78 Å². The van der Waals surface area contributed by atoms with Crippen LogP contribution in [0, 0.1) is 18.3 Å². The number of benzene rings is 1. The number of aromatic nitrogens is 2. The second-order valence-corrected chi connectivity index (χ2v) is 4.02. The van der Waals surface area contributed by atoms with Crippen LogP contribution in [0.5, 0.6) is 0 Å². The molecule has 6 heteroatoms. The fourth-order valence-corrected chi connectivity index (χ4v) is 1.74. The summed E-state index contributed by atoms with van der Waals surface area (Å²) < 4.78 is 0.903. The van der Waals surface area contributed by atoms with Crippen molar-refractivity contribution >= 4 is 11.6 Å². The quantitative estimate of drug-likeness (QED) is 0.787. The van der Waals surface area contributed by atoms with Crippen LogP contribution in [0.25, 0.3) is 5.69 Å². The molecule has 0 fully saturated rings. The molecule has 2 rings (SSSR count). The van der Waals surface area contributed by atoms with Gasteiger partial charge in [0.25, 0.3) is 5.56 Å². The van der Waals surface area contributed by atoms with Gasteiger partial charge in [0, 0.05) is 0 Å². The van der Waals surface area contributed by atoms with Gasteiger partial charge in [0.05, 0.1) is 16.8 Å². The van der Waals surface area contributed by atoms with Crippen molar-refractivity contribution in [1.29, 1.82) is 5.26 Å². The second kappa shape index (κ2) is 4.51. The Bertz CT molecular complexity index is 768. The van der Waals surface area contributed by atoms with Crippen molar-refractivity contribution in [1.82, 2.24) is 9.55 Å². The van der Waals surface area contributed by atoms with Gasteiger partial charge in [0.2, 0.25) is 0 Å². The van der Waals surface area contributed by atoms with Gasteiger partial charge in [0.15, 0.2) is 0 Å². The lowest BCUT2D eigenvalue weighted by Gasteiger charge is -2.07.